The molecular formula is C19H23N3OS. The highest BCUT2D eigenvalue weighted by Crippen LogP contribution is 2.25. The molecule has 1 aromatic heterocycles. The van der Waals surface area contributed by atoms with Gasteiger partial charge in [0.15, 0.2) is 0 Å². The lowest BCUT2D eigenvalue weighted by molar-refractivity contribution is 0.191. The van der Waals surface area contributed by atoms with Crippen LogP contribution in [-0.4, -0.2) is 37.1 Å². The molecule has 4 nitrogen and oxygen atoms in total. The number of nitrogens with zero attached hydrogens (tertiary/aromatic N) is 2. The summed E-state index contributed by atoms with van der Waals surface area (Å²) in [5.41, 5.74) is 2.60. The predicted molar refractivity (Wildman–Crippen MR) is 98.6 cm³/mol. The number of carbonyl (C=O) groups is 1. The molecule has 2 amide bonds. The number of para-hydroxylation sites is 1. The Labute approximate surface area is 147 Å². The average molecular weight is 341 g/mol. The smallest absolute Gasteiger partial charge is 0.317 e. The van der Waals surface area contributed by atoms with Gasteiger partial charge in [-0.05, 0) is 47.9 Å². The van der Waals surface area contributed by atoms with E-state index in [0.29, 0.717) is 5.92 Å². The molecule has 0 unspecified atom stereocenters. The van der Waals surface area contributed by atoms with Gasteiger partial charge in [0.2, 0.25) is 0 Å². The molecule has 1 fully saturated rings. The molecule has 1 saturated heterocycles. The van der Waals surface area contributed by atoms with Crippen LogP contribution in [0.1, 0.15) is 16.9 Å². The van der Waals surface area contributed by atoms with Gasteiger partial charge in [-0.2, -0.15) is 0 Å². The third kappa shape index (κ3) is 3.26. The van der Waals surface area contributed by atoms with Gasteiger partial charge in [0, 0.05) is 43.3 Å². The van der Waals surface area contributed by atoms with E-state index in [0.717, 1.165) is 45.6 Å². The number of anilines is 1. The molecule has 0 radical (unpaired) electrons. The van der Waals surface area contributed by atoms with E-state index in [9.17, 15) is 4.79 Å². The maximum atomic E-state index is 12.4. The van der Waals surface area contributed by atoms with Gasteiger partial charge in [-0.15, -0.1) is 11.3 Å². The number of amides is 2. The van der Waals surface area contributed by atoms with Crippen molar-refractivity contribution < 1.29 is 4.79 Å². The zero-order valence-corrected chi connectivity index (χ0v) is 14.6. The number of urea groups is 1. The number of rotatable bonds is 3. The molecule has 1 atom stereocenters. The quantitative estimate of drug-likeness (QED) is 0.929. The van der Waals surface area contributed by atoms with Crippen molar-refractivity contribution in [2.24, 2.45) is 5.92 Å². The van der Waals surface area contributed by atoms with Gasteiger partial charge in [-0.25, -0.2) is 4.79 Å². The van der Waals surface area contributed by atoms with Gasteiger partial charge >= 0.3 is 6.03 Å². The molecule has 0 aliphatic carbocycles. The first-order chi connectivity index (χ1) is 11.8. The Balaban J connectivity index is 1.26. The van der Waals surface area contributed by atoms with Gasteiger partial charge in [-0.3, -0.25) is 0 Å². The Morgan fingerprint density at radius 3 is 2.96 bits per heavy atom. The molecule has 2 aromatic rings. The molecule has 1 aromatic carbocycles. The van der Waals surface area contributed by atoms with Crippen molar-refractivity contribution in [1.82, 2.24) is 10.2 Å². The van der Waals surface area contributed by atoms with Crippen LogP contribution in [0.15, 0.2) is 41.8 Å². The zero-order valence-electron chi connectivity index (χ0n) is 13.8. The lowest BCUT2D eigenvalue weighted by Gasteiger charge is -2.27. The second-order valence-electron chi connectivity index (χ2n) is 6.66. The summed E-state index contributed by atoms with van der Waals surface area (Å²) in [4.78, 5) is 18.2. The molecule has 1 N–H and O–H groups in total. The van der Waals surface area contributed by atoms with Crippen LogP contribution in [0.2, 0.25) is 0 Å². The van der Waals surface area contributed by atoms with Crippen LogP contribution in [0.5, 0.6) is 0 Å². The fourth-order valence-corrected chi connectivity index (χ4v) is 4.53. The molecule has 126 valence electrons. The first kappa shape index (κ1) is 15.5. The molecule has 2 aliphatic rings. The van der Waals surface area contributed by atoms with Crippen molar-refractivity contribution >= 4 is 23.1 Å². The first-order valence-electron chi connectivity index (χ1n) is 8.67. The van der Waals surface area contributed by atoms with E-state index in [-0.39, 0.29) is 6.03 Å². The van der Waals surface area contributed by atoms with E-state index in [1.165, 1.54) is 16.1 Å². The molecule has 0 spiro atoms. The van der Waals surface area contributed by atoms with Crippen LogP contribution >= 0.6 is 11.3 Å². The summed E-state index contributed by atoms with van der Waals surface area (Å²) in [5.74, 6) is 0.538. The summed E-state index contributed by atoms with van der Waals surface area (Å²) in [6.07, 6.45) is 2.13. The fourth-order valence-electron chi connectivity index (χ4n) is 3.64. The van der Waals surface area contributed by atoms with Crippen molar-refractivity contribution in [3.05, 3.63) is 52.2 Å². The van der Waals surface area contributed by atoms with Gasteiger partial charge in [0.25, 0.3) is 0 Å². The van der Waals surface area contributed by atoms with Crippen molar-refractivity contribution in [3.63, 3.8) is 0 Å². The van der Waals surface area contributed by atoms with E-state index >= 15 is 0 Å². The first-order valence-corrected chi connectivity index (χ1v) is 9.55. The number of fused-ring (bicyclic) bond motifs is 1. The third-order valence-electron chi connectivity index (χ3n) is 5.04. The summed E-state index contributed by atoms with van der Waals surface area (Å²) in [5, 5.41) is 5.28. The highest BCUT2D eigenvalue weighted by molar-refractivity contribution is 7.10. The van der Waals surface area contributed by atoms with Crippen molar-refractivity contribution in [2.75, 3.05) is 31.1 Å². The van der Waals surface area contributed by atoms with Crippen LogP contribution in [0, 0.1) is 5.92 Å². The number of benzene rings is 1. The minimum Gasteiger partial charge on any atom is -0.371 e. The highest BCUT2D eigenvalue weighted by atomic mass is 32.1. The topological polar surface area (TPSA) is 35.6 Å². The molecule has 5 heteroatoms. The summed E-state index contributed by atoms with van der Waals surface area (Å²) in [6.45, 7) is 4.46. The van der Waals surface area contributed by atoms with Crippen molar-refractivity contribution in [2.45, 2.75) is 19.4 Å². The number of carbonyl (C=O) groups excluding carboxylic acids is 1. The third-order valence-corrected chi connectivity index (χ3v) is 6.07. The minimum atomic E-state index is 0.0880. The number of hydrogen-bond acceptors (Lipinski definition) is 3. The summed E-state index contributed by atoms with van der Waals surface area (Å²) in [7, 11) is 0. The number of nitrogens with one attached hydrogen (secondary N) is 1. The average Bonchev–Trinajstić information content (AvgIpc) is 3.29. The summed E-state index contributed by atoms with van der Waals surface area (Å²) in [6, 6.07) is 12.8. The van der Waals surface area contributed by atoms with E-state index in [1.807, 2.05) is 16.2 Å². The van der Waals surface area contributed by atoms with Crippen molar-refractivity contribution in [1.29, 1.82) is 0 Å². The van der Waals surface area contributed by atoms with Crippen LogP contribution < -0.4 is 10.2 Å². The second kappa shape index (κ2) is 6.85. The minimum absolute atomic E-state index is 0.0880. The zero-order chi connectivity index (χ0) is 16.4. The maximum absolute atomic E-state index is 12.4. The SMILES string of the molecule is O=C(NC[C@@H]1CCN(c2ccccc2)C1)N1CCc2sccc2C1. The molecule has 4 rings (SSSR count). The monoisotopic (exact) mass is 341 g/mol. The van der Waals surface area contributed by atoms with Gasteiger partial charge in [0.1, 0.15) is 0 Å². The molecule has 0 bridgehead atoms. The Hall–Kier alpha value is -2.01. The standard InChI is InChI=1S/C19H23N3OS/c23-19(22-10-7-18-16(14-22)8-11-24-18)20-12-15-6-9-21(13-15)17-4-2-1-3-5-17/h1-5,8,11,15H,6-7,9-10,12-14H2,(H,20,23)/t15-/m0/s1. The molecule has 0 saturated carbocycles. The Bertz CT molecular complexity index is 700. The van der Waals surface area contributed by atoms with Gasteiger partial charge in [-0.1, -0.05) is 18.2 Å². The lowest BCUT2D eigenvalue weighted by atomic mass is 10.1. The predicted octanol–water partition coefficient (Wildman–Crippen LogP) is 3.34. The number of thiophene rings is 1. The fraction of sp³-hybridized carbons (Fsp3) is 0.421. The van der Waals surface area contributed by atoms with E-state index in [2.05, 4.69) is 52.0 Å². The molecular weight excluding hydrogens is 318 g/mol. The van der Waals surface area contributed by atoms with E-state index < -0.39 is 0 Å². The largest absolute Gasteiger partial charge is 0.371 e. The lowest BCUT2D eigenvalue weighted by Crippen LogP contribution is -2.44. The van der Waals surface area contributed by atoms with E-state index in [1.54, 1.807) is 0 Å². The summed E-state index contributed by atoms with van der Waals surface area (Å²) >= 11 is 1.81. The number of hydrogen-bond donors (Lipinski definition) is 1. The van der Waals surface area contributed by atoms with Gasteiger partial charge in [0.05, 0.1) is 0 Å². The van der Waals surface area contributed by atoms with Gasteiger partial charge < -0.3 is 15.1 Å². The Morgan fingerprint density at radius 2 is 2.08 bits per heavy atom. The second-order valence-corrected chi connectivity index (χ2v) is 7.66. The van der Waals surface area contributed by atoms with Crippen LogP contribution in [0.3, 0.4) is 0 Å². The molecule has 2 aliphatic heterocycles. The van der Waals surface area contributed by atoms with Crippen LogP contribution in [0.25, 0.3) is 0 Å². The Kier molecular flexibility index (Phi) is 4.43. The summed E-state index contributed by atoms with van der Waals surface area (Å²) < 4.78 is 0. The van der Waals surface area contributed by atoms with Crippen LogP contribution in [-0.2, 0) is 13.0 Å². The van der Waals surface area contributed by atoms with Crippen molar-refractivity contribution in [3.8, 4) is 0 Å². The normalized spacial score (nSPS) is 20.1. The maximum Gasteiger partial charge on any atom is 0.317 e. The molecule has 3 heterocycles. The van der Waals surface area contributed by atoms with Crippen LogP contribution in [0.4, 0.5) is 10.5 Å². The van der Waals surface area contributed by atoms with E-state index in [4.69, 9.17) is 0 Å². The Morgan fingerprint density at radius 1 is 1.21 bits per heavy atom. The molecule has 24 heavy (non-hydrogen) atoms. The highest BCUT2D eigenvalue weighted by Gasteiger charge is 2.25.